The average Bonchev–Trinajstić information content (AvgIpc) is 2.92. The van der Waals surface area contributed by atoms with Crippen LogP contribution in [0.3, 0.4) is 0 Å². The van der Waals surface area contributed by atoms with Crippen LogP contribution in [0.1, 0.15) is 38.4 Å². The summed E-state index contributed by atoms with van der Waals surface area (Å²) in [5.41, 5.74) is 0. The highest BCUT2D eigenvalue weighted by Gasteiger charge is 2.23. The molecular formula is C15H21N5O. The zero-order valence-electron chi connectivity index (χ0n) is 12.5. The molecule has 0 amide bonds. The topological polar surface area (TPSA) is 67.1 Å². The number of piperidine rings is 1. The molecule has 3 heterocycles. The number of anilines is 3. The Morgan fingerprint density at radius 1 is 1.38 bits per heavy atom. The van der Waals surface area contributed by atoms with Crippen LogP contribution in [0.4, 0.5) is 17.6 Å². The van der Waals surface area contributed by atoms with Gasteiger partial charge in [0, 0.05) is 24.8 Å². The molecule has 0 radical (unpaired) electrons. The molecule has 1 aliphatic rings. The monoisotopic (exact) mass is 287 g/mol. The number of aryl methyl sites for hydroxylation is 1. The Labute approximate surface area is 124 Å². The Hall–Kier alpha value is -2.11. The summed E-state index contributed by atoms with van der Waals surface area (Å²) in [4.78, 5) is 11.4. The van der Waals surface area contributed by atoms with E-state index in [1.54, 1.807) is 6.20 Å². The Bertz CT molecular complexity index is 597. The van der Waals surface area contributed by atoms with E-state index in [0.717, 1.165) is 30.5 Å². The molecule has 1 N–H and O–H groups in total. The molecule has 6 nitrogen and oxygen atoms in total. The highest BCUT2D eigenvalue weighted by atomic mass is 16.5. The van der Waals surface area contributed by atoms with Gasteiger partial charge in [-0.05, 0) is 38.7 Å². The molecule has 0 aromatic carbocycles. The van der Waals surface area contributed by atoms with Crippen molar-refractivity contribution in [1.29, 1.82) is 0 Å². The maximum atomic E-state index is 5.05. The van der Waals surface area contributed by atoms with Gasteiger partial charge in [-0.25, -0.2) is 4.98 Å². The first-order valence-corrected chi connectivity index (χ1v) is 7.56. The smallest absolute Gasteiger partial charge is 0.227 e. The summed E-state index contributed by atoms with van der Waals surface area (Å²) >= 11 is 0. The summed E-state index contributed by atoms with van der Waals surface area (Å²) in [6.07, 6.45) is 6.65. The predicted octanol–water partition coefficient (Wildman–Crippen LogP) is 3.29. The van der Waals surface area contributed by atoms with E-state index in [0.29, 0.717) is 11.9 Å². The molecule has 1 aliphatic heterocycles. The van der Waals surface area contributed by atoms with Gasteiger partial charge in [0.05, 0.1) is 0 Å². The molecule has 0 saturated carbocycles. The van der Waals surface area contributed by atoms with Gasteiger partial charge in [0.15, 0.2) is 5.82 Å². The van der Waals surface area contributed by atoms with Crippen molar-refractivity contribution in [2.24, 2.45) is 0 Å². The minimum atomic E-state index is 0.545. The van der Waals surface area contributed by atoms with Crippen LogP contribution in [0.2, 0.25) is 0 Å². The first-order chi connectivity index (χ1) is 10.3. The van der Waals surface area contributed by atoms with Gasteiger partial charge in [0.2, 0.25) is 5.95 Å². The summed E-state index contributed by atoms with van der Waals surface area (Å²) in [7, 11) is 0. The second-order valence-corrected chi connectivity index (χ2v) is 5.44. The van der Waals surface area contributed by atoms with Crippen molar-refractivity contribution in [3.63, 3.8) is 0 Å². The molecule has 1 unspecified atom stereocenters. The van der Waals surface area contributed by atoms with Crippen molar-refractivity contribution in [2.75, 3.05) is 16.8 Å². The van der Waals surface area contributed by atoms with Gasteiger partial charge in [-0.1, -0.05) is 12.1 Å². The van der Waals surface area contributed by atoms with Gasteiger partial charge in [0.25, 0.3) is 0 Å². The van der Waals surface area contributed by atoms with Crippen molar-refractivity contribution < 1.29 is 4.52 Å². The van der Waals surface area contributed by atoms with E-state index in [2.05, 4.69) is 32.3 Å². The molecule has 21 heavy (non-hydrogen) atoms. The number of hydrogen-bond acceptors (Lipinski definition) is 6. The second kappa shape index (κ2) is 6.11. The lowest BCUT2D eigenvalue weighted by atomic mass is 10.0. The summed E-state index contributed by atoms with van der Waals surface area (Å²) in [6.45, 7) is 5.12. The normalized spacial score (nSPS) is 18.8. The highest BCUT2D eigenvalue weighted by molar-refractivity contribution is 5.53. The van der Waals surface area contributed by atoms with E-state index in [1.807, 2.05) is 19.1 Å². The van der Waals surface area contributed by atoms with E-state index < -0.39 is 0 Å². The third kappa shape index (κ3) is 3.15. The molecule has 0 aliphatic carbocycles. The third-order valence-corrected chi connectivity index (χ3v) is 3.88. The molecule has 1 fully saturated rings. The van der Waals surface area contributed by atoms with E-state index in [4.69, 9.17) is 4.52 Å². The lowest BCUT2D eigenvalue weighted by molar-refractivity contribution is 0.400. The summed E-state index contributed by atoms with van der Waals surface area (Å²) in [6, 6.07) is 4.24. The fraction of sp³-hybridized carbons (Fsp3) is 0.533. The number of rotatable bonds is 4. The average molecular weight is 287 g/mol. The summed E-state index contributed by atoms with van der Waals surface area (Å²) in [5.74, 6) is 2.98. The van der Waals surface area contributed by atoms with Gasteiger partial charge in [0.1, 0.15) is 11.6 Å². The van der Waals surface area contributed by atoms with Crippen LogP contribution in [-0.2, 0) is 0 Å². The Balaban J connectivity index is 1.78. The number of aromatic nitrogens is 3. The first kappa shape index (κ1) is 13.9. The zero-order chi connectivity index (χ0) is 14.7. The molecule has 2 aromatic heterocycles. The SMILES string of the molecule is CCC1CCCCN1c1nccc(Nc2cc(C)on2)n1. The number of nitrogens with one attached hydrogen (secondary N) is 1. The lowest BCUT2D eigenvalue weighted by Gasteiger charge is -2.35. The van der Waals surface area contributed by atoms with Gasteiger partial charge in [-0.15, -0.1) is 0 Å². The lowest BCUT2D eigenvalue weighted by Crippen LogP contribution is -2.40. The van der Waals surface area contributed by atoms with Crippen molar-refractivity contribution in [3.05, 3.63) is 24.1 Å². The van der Waals surface area contributed by atoms with Crippen LogP contribution in [0.25, 0.3) is 0 Å². The molecule has 6 heteroatoms. The van der Waals surface area contributed by atoms with Crippen LogP contribution >= 0.6 is 0 Å². The van der Waals surface area contributed by atoms with Crippen molar-refractivity contribution in [2.45, 2.75) is 45.6 Å². The van der Waals surface area contributed by atoms with E-state index in [1.165, 1.54) is 19.3 Å². The highest BCUT2D eigenvalue weighted by Crippen LogP contribution is 2.24. The second-order valence-electron chi connectivity index (χ2n) is 5.44. The van der Waals surface area contributed by atoms with Crippen LogP contribution in [0, 0.1) is 6.92 Å². The van der Waals surface area contributed by atoms with Crippen LogP contribution < -0.4 is 10.2 Å². The van der Waals surface area contributed by atoms with Gasteiger partial charge >= 0.3 is 0 Å². The van der Waals surface area contributed by atoms with Crippen LogP contribution in [0.5, 0.6) is 0 Å². The molecule has 0 bridgehead atoms. The number of nitrogens with zero attached hydrogens (tertiary/aromatic N) is 4. The van der Waals surface area contributed by atoms with Crippen molar-refractivity contribution >= 4 is 17.6 Å². The fourth-order valence-electron chi connectivity index (χ4n) is 2.80. The molecule has 1 saturated heterocycles. The van der Waals surface area contributed by atoms with Crippen LogP contribution in [0.15, 0.2) is 22.9 Å². The van der Waals surface area contributed by atoms with Gasteiger partial charge < -0.3 is 14.7 Å². The molecule has 2 aromatic rings. The van der Waals surface area contributed by atoms with Crippen molar-refractivity contribution in [3.8, 4) is 0 Å². The number of hydrogen-bond donors (Lipinski definition) is 1. The predicted molar refractivity (Wildman–Crippen MR) is 81.8 cm³/mol. The Morgan fingerprint density at radius 3 is 3.05 bits per heavy atom. The largest absolute Gasteiger partial charge is 0.360 e. The van der Waals surface area contributed by atoms with Crippen molar-refractivity contribution in [1.82, 2.24) is 15.1 Å². The van der Waals surface area contributed by atoms with Crippen LogP contribution in [-0.4, -0.2) is 27.7 Å². The quantitative estimate of drug-likeness (QED) is 0.930. The standard InChI is InChI=1S/C15H21N5O/c1-3-12-6-4-5-9-20(12)15-16-8-7-13(18-15)17-14-10-11(2)21-19-14/h7-8,10,12H,3-6,9H2,1-2H3,(H,16,17,18,19). The van der Waals surface area contributed by atoms with Gasteiger partial charge in [-0.3, -0.25) is 0 Å². The maximum absolute atomic E-state index is 5.05. The molecule has 0 spiro atoms. The minimum absolute atomic E-state index is 0.545. The van der Waals surface area contributed by atoms with E-state index in [9.17, 15) is 0 Å². The maximum Gasteiger partial charge on any atom is 0.227 e. The molecule has 112 valence electrons. The zero-order valence-corrected chi connectivity index (χ0v) is 12.5. The van der Waals surface area contributed by atoms with Gasteiger partial charge in [-0.2, -0.15) is 4.98 Å². The van der Waals surface area contributed by atoms with E-state index in [-0.39, 0.29) is 0 Å². The van der Waals surface area contributed by atoms with E-state index >= 15 is 0 Å². The minimum Gasteiger partial charge on any atom is -0.360 e. The first-order valence-electron chi connectivity index (χ1n) is 7.56. The summed E-state index contributed by atoms with van der Waals surface area (Å²) < 4.78 is 5.05. The Morgan fingerprint density at radius 2 is 2.29 bits per heavy atom. The molecular weight excluding hydrogens is 266 g/mol. The Kier molecular flexibility index (Phi) is 4.03. The summed E-state index contributed by atoms with van der Waals surface area (Å²) in [5, 5.41) is 7.08. The third-order valence-electron chi connectivity index (χ3n) is 3.88. The fourth-order valence-corrected chi connectivity index (χ4v) is 2.80. The molecule has 3 rings (SSSR count). The molecule has 1 atom stereocenters.